The van der Waals surface area contributed by atoms with Gasteiger partial charge >= 0.3 is 0 Å². The van der Waals surface area contributed by atoms with Crippen molar-refractivity contribution >= 4 is 17.0 Å². The molecule has 6 heteroatoms. The molecule has 2 aromatic heterocycles. The normalized spacial score (nSPS) is 16.5. The molecule has 1 saturated carbocycles. The van der Waals surface area contributed by atoms with Crippen LogP contribution in [0.2, 0.25) is 0 Å². The SMILES string of the molecule is CN(CC1CCCC1)c1nc2[nH]ncc2c(=O)[nH]1. The number of anilines is 1. The molecule has 2 N–H and O–H groups in total. The number of aromatic nitrogens is 4. The summed E-state index contributed by atoms with van der Waals surface area (Å²) in [6, 6.07) is 0. The number of hydrogen-bond donors (Lipinski definition) is 2. The summed E-state index contributed by atoms with van der Waals surface area (Å²) < 4.78 is 0. The lowest BCUT2D eigenvalue weighted by Crippen LogP contribution is -2.27. The molecule has 0 radical (unpaired) electrons. The summed E-state index contributed by atoms with van der Waals surface area (Å²) in [5.74, 6) is 1.33. The van der Waals surface area contributed by atoms with Gasteiger partial charge < -0.3 is 4.90 Å². The lowest BCUT2D eigenvalue weighted by molar-refractivity contribution is 0.542. The second-order valence-electron chi connectivity index (χ2n) is 5.05. The summed E-state index contributed by atoms with van der Waals surface area (Å²) >= 11 is 0. The first-order valence-corrected chi connectivity index (χ1v) is 6.38. The van der Waals surface area contributed by atoms with Crippen LogP contribution in [0, 0.1) is 5.92 Å². The maximum atomic E-state index is 11.8. The highest BCUT2D eigenvalue weighted by atomic mass is 16.1. The van der Waals surface area contributed by atoms with E-state index in [9.17, 15) is 4.79 Å². The van der Waals surface area contributed by atoms with Gasteiger partial charge in [0, 0.05) is 13.6 Å². The Morgan fingerprint density at radius 2 is 2.22 bits per heavy atom. The van der Waals surface area contributed by atoms with Crippen molar-refractivity contribution in [3.05, 3.63) is 16.6 Å². The number of rotatable bonds is 3. The molecule has 1 aliphatic carbocycles. The van der Waals surface area contributed by atoms with Gasteiger partial charge in [-0.25, -0.2) is 0 Å². The fourth-order valence-electron chi connectivity index (χ4n) is 2.68. The van der Waals surface area contributed by atoms with Crippen LogP contribution in [0.25, 0.3) is 11.0 Å². The average molecular weight is 247 g/mol. The molecular weight excluding hydrogens is 230 g/mol. The Kier molecular flexibility index (Phi) is 2.77. The van der Waals surface area contributed by atoms with E-state index in [1.54, 1.807) is 0 Å². The molecule has 6 nitrogen and oxygen atoms in total. The Hall–Kier alpha value is -1.85. The van der Waals surface area contributed by atoms with E-state index in [1.807, 2.05) is 11.9 Å². The van der Waals surface area contributed by atoms with Crippen molar-refractivity contribution in [3.8, 4) is 0 Å². The third kappa shape index (κ3) is 1.98. The molecule has 0 bridgehead atoms. The van der Waals surface area contributed by atoms with Crippen LogP contribution >= 0.6 is 0 Å². The molecule has 96 valence electrons. The Morgan fingerprint density at radius 1 is 1.44 bits per heavy atom. The lowest BCUT2D eigenvalue weighted by atomic mass is 10.1. The summed E-state index contributed by atoms with van der Waals surface area (Å²) in [6.07, 6.45) is 6.70. The highest BCUT2D eigenvalue weighted by Gasteiger charge is 2.18. The summed E-state index contributed by atoms with van der Waals surface area (Å²) in [7, 11) is 1.97. The fourth-order valence-corrected chi connectivity index (χ4v) is 2.68. The minimum absolute atomic E-state index is 0.137. The van der Waals surface area contributed by atoms with Crippen LogP contribution in [0.1, 0.15) is 25.7 Å². The zero-order valence-corrected chi connectivity index (χ0v) is 10.4. The highest BCUT2D eigenvalue weighted by molar-refractivity contribution is 5.73. The zero-order valence-electron chi connectivity index (χ0n) is 10.4. The van der Waals surface area contributed by atoms with E-state index in [0.29, 0.717) is 17.0 Å². The average Bonchev–Trinajstić information content (AvgIpc) is 2.98. The Balaban J connectivity index is 1.86. The Morgan fingerprint density at radius 3 is 3.00 bits per heavy atom. The van der Waals surface area contributed by atoms with Gasteiger partial charge in [-0.1, -0.05) is 12.8 Å². The molecule has 1 fully saturated rings. The summed E-state index contributed by atoms with van der Waals surface area (Å²) in [5, 5.41) is 7.09. The topological polar surface area (TPSA) is 77.7 Å². The van der Waals surface area contributed by atoms with Crippen LogP contribution in [-0.2, 0) is 0 Å². The second kappa shape index (κ2) is 4.44. The van der Waals surface area contributed by atoms with Gasteiger partial charge in [0.25, 0.3) is 5.56 Å². The van der Waals surface area contributed by atoms with Gasteiger partial charge in [-0.3, -0.25) is 14.9 Å². The number of H-pyrrole nitrogens is 2. The molecule has 0 aromatic carbocycles. The maximum Gasteiger partial charge on any atom is 0.263 e. The second-order valence-corrected chi connectivity index (χ2v) is 5.05. The Labute approximate surface area is 104 Å². The molecule has 2 heterocycles. The third-order valence-corrected chi connectivity index (χ3v) is 3.68. The molecular formula is C12H17N5O. The number of nitrogens with zero attached hydrogens (tertiary/aromatic N) is 3. The molecule has 0 amide bonds. The van der Waals surface area contributed by atoms with Crippen LogP contribution < -0.4 is 10.5 Å². The minimum Gasteiger partial charge on any atom is -0.345 e. The molecule has 3 rings (SSSR count). The monoisotopic (exact) mass is 247 g/mol. The van der Waals surface area contributed by atoms with Crippen molar-refractivity contribution in [2.45, 2.75) is 25.7 Å². The summed E-state index contributed by atoms with van der Waals surface area (Å²) in [5.41, 5.74) is 0.411. The summed E-state index contributed by atoms with van der Waals surface area (Å²) in [6.45, 7) is 0.947. The third-order valence-electron chi connectivity index (χ3n) is 3.68. The lowest BCUT2D eigenvalue weighted by Gasteiger charge is -2.21. The highest BCUT2D eigenvalue weighted by Crippen LogP contribution is 2.25. The van der Waals surface area contributed by atoms with Gasteiger partial charge in [0.05, 0.1) is 6.20 Å². The standard InChI is InChI=1S/C12H17N5O/c1-17(7-8-4-2-3-5-8)12-14-10-9(6-13-16-10)11(18)15-12/h6,8H,2-5,7H2,1H3,(H2,13,14,15,16,18). The van der Waals surface area contributed by atoms with Crippen LogP contribution in [-0.4, -0.2) is 33.8 Å². The first-order valence-electron chi connectivity index (χ1n) is 6.38. The largest absolute Gasteiger partial charge is 0.345 e. The van der Waals surface area contributed by atoms with Gasteiger partial charge in [0.2, 0.25) is 5.95 Å². The van der Waals surface area contributed by atoms with Crippen molar-refractivity contribution in [1.82, 2.24) is 20.2 Å². The minimum atomic E-state index is -0.137. The fraction of sp³-hybridized carbons (Fsp3) is 0.583. The van der Waals surface area contributed by atoms with E-state index < -0.39 is 0 Å². The molecule has 0 atom stereocenters. The van der Waals surface area contributed by atoms with Crippen molar-refractivity contribution in [2.75, 3.05) is 18.5 Å². The van der Waals surface area contributed by atoms with Crippen LogP contribution in [0.4, 0.5) is 5.95 Å². The van der Waals surface area contributed by atoms with E-state index in [2.05, 4.69) is 20.2 Å². The molecule has 0 aliphatic heterocycles. The quantitative estimate of drug-likeness (QED) is 0.856. The zero-order chi connectivity index (χ0) is 12.5. The van der Waals surface area contributed by atoms with E-state index in [-0.39, 0.29) is 5.56 Å². The smallest absolute Gasteiger partial charge is 0.263 e. The van der Waals surface area contributed by atoms with E-state index in [4.69, 9.17) is 0 Å². The molecule has 1 aliphatic rings. The van der Waals surface area contributed by atoms with Crippen LogP contribution in [0.3, 0.4) is 0 Å². The van der Waals surface area contributed by atoms with Gasteiger partial charge in [-0.15, -0.1) is 0 Å². The first-order chi connectivity index (χ1) is 8.74. The molecule has 0 spiro atoms. The number of nitrogens with one attached hydrogen (secondary N) is 2. The van der Waals surface area contributed by atoms with Crippen LogP contribution in [0.5, 0.6) is 0 Å². The number of hydrogen-bond acceptors (Lipinski definition) is 4. The Bertz CT molecular complexity index is 596. The van der Waals surface area contributed by atoms with Crippen molar-refractivity contribution in [3.63, 3.8) is 0 Å². The predicted molar refractivity (Wildman–Crippen MR) is 69.7 cm³/mol. The molecule has 2 aromatic rings. The molecule has 0 unspecified atom stereocenters. The van der Waals surface area contributed by atoms with E-state index in [1.165, 1.54) is 31.9 Å². The first kappa shape index (κ1) is 11.3. The van der Waals surface area contributed by atoms with Gasteiger partial charge in [-0.2, -0.15) is 10.1 Å². The van der Waals surface area contributed by atoms with Crippen molar-refractivity contribution in [1.29, 1.82) is 0 Å². The molecule has 0 saturated heterocycles. The number of fused-ring (bicyclic) bond motifs is 1. The maximum absolute atomic E-state index is 11.8. The van der Waals surface area contributed by atoms with E-state index in [0.717, 1.165) is 12.5 Å². The van der Waals surface area contributed by atoms with Gasteiger partial charge in [0.15, 0.2) is 5.65 Å². The van der Waals surface area contributed by atoms with Gasteiger partial charge in [-0.05, 0) is 18.8 Å². The van der Waals surface area contributed by atoms with Crippen molar-refractivity contribution < 1.29 is 0 Å². The number of aromatic amines is 2. The van der Waals surface area contributed by atoms with Crippen molar-refractivity contribution in [2.24, 2.45) is 5.92 Å². The molecule has 18 heavy (non-hydrogen) atoms. The predicted octanol–water partition coefficient (Wildman–Crippen LogP) is 1.27. The van der Waals surface area contributed by atoms with Crippen LogP contribution in [0.15, 0.2) is 11.0 Å². The van der Waals surface area contributed by atoms with Gasteiger partial charge in [0.1, 0.15) is 5.39 Å². The van der Waals surface area contributed by atoms with E-state index >= 15 is 0 Å². The summed E-state index contributed by atoms with van der Waals surface area (Å²) in [4.78, 5) is 21.0.